The maximum absolute atomic E-state index is 8.81. The van der Waals surface area contributed by atoms with Crippen molar-refractivity contribution in [2.75, 3.05) is 18.1 Å². The highest BCUT2D eigenvalue weighted by Crippen LogP contribution is 2.11. The molecule has 11 heavy (non-hydrogen) atoms. The van der Waals surface area contributed by atoms with Gasteiger partial charge in [-0.3, -0.25) is 0 Å². The van der Waals surface area contributed by atoms with Gasteiger partial charge >= 0.3 is 0 Å². The highest BCUT2D eigenvalue weighted by atomic mass is 32.2. The van der Waals surface area contributed by atoms with Gasteiger partial charge in [-0.05, 0) is 19.1 Å². The second-order valence-corrected chi connectivity index (χ2v) is 4.32. The van der Waals surface area contributed by atoms with Crippen LogP contribution in [0, 0.1) is 0 Å². The standard InChI is InChI=1S/C8H19NOS/c1-3-4-5-11-7-8(2,9)6-10/h10H,3-7,9H2,1-2H3. The van der Waals surface area contributed by atoms with E-state index in [1.54, 1.807) is 0 Å². The number of aliphatic hydroxyl groups excluding tert-OH is 1. The molecule has 0 aliphatic rings. The third-order valence-electron chi connectivity index (χ3n) is 1.44. The highest BCUT2D eigenvalue weighted by Gasteiger charge is 2.15. The van der Waals surface area contributed by atoms with Crippen LogP contribution >= 0.6 is 11.8 Å². The van der Waals surface area contributed by atoms with E-state index in [0.717, 1.165) is 11.5 Å². The van der Waals surface area contributed by atoms with Gasteiger partial charge in [-0.25, -0.2) is 0 Å². The third-order valence-corrected chi connectivity index (χ3v) is 2.88. The molecule has 0 aliphatic heterocycles. The van der Waals surface area contributed by atoms with Crippen molar-refractivity contribution in [1.82, 2.24) is 0 Å². The second kappa shape index (κ2) is 5.86. The molecule has 0 rings (SSSR count). The lowest BCUT2D eigenvalue weighted by Crippen LogP contribution is -2.42. The molecular formula is C8H19NOS. The maximum atomic E-state index is 8.81. The summed E-state index contributed by atoms with van der Waals surface area (Å²) in [6, 6.07) is 0. The van der Waals surface area contributed by atoms with Gasteiger partial charge in [0.25, 0.3) is 0 Å². The Kier molecular flexibility index (Phi) is 6.01. The van der Waals surface area contributed by atoms with Crippen LogP contribution in [0.5, 0.6) is 0 Å². The van der Waals surface area contributed by atoms with E-state index in [1.165, 1.54) is 12.8 Å². The molecule has 0 fully saturated rings. The largest absolute Gasteiger partial charge is 0.394 e. The molecule has 0 aromatic carbocycles. The smallest absolute Gasteiger partial charge is 0.0616 e. The van der Waals surface area contributed by atoms with Gasteiger partial charge in [-0.1, -0.05) is 13.3 Å². The van der Waals surface area contributed by atoms with Gasteiger partial charge in [0.1, 0.15) is 0 Å². The molecule has 0 saturated heterocycles. The number of hydrogen-bond acceptors (Lipinski definition) is 3. The van der Waals surface area contributed by atoms with Crippen molar-refractivity contribution in [2.24, 2.45) is 5.73 Å². The van der Waals surface area contributed by atoms with Crippen molar-refractivity contribution >= 4 is 11.8 Å². The first-order chi connectivity index (χ1) is 5.12. The number of nitrogens with two attached hydrogens (primary N) is 1. The molecule has 3 heteroatoms. The van der Waals surface area contributed by atoms with Crippen molar-refractivity contribution in [3.63, 3.8) is 0 Å². The van der Waals surface area contributed by atoms with Gasteiger partial charge < -0.3 is 10.8 Å². The molecule has 1 unspecified atom stereocenters. The van der Waals surface area contributed by atoms with Gasteiger partial charge in [0.15, 0.2) is 0 Å². The fourth-order valence-corrected chi connectivity index (χ4v) is 1.79. The van der Waals surface area contributed by atoms with Gasteiger partial charge in [-0.2, -0.15) is 11.8 Å². The van der Waals surface area contributed by atoms with E-state index in [1.807, 2.05) is 18.7 Å². The summed E-state index contributed by atoms with van der Waals surface area (Å²) in [5.74, 6) is 2.01. The fraction of sp³-hybridized carbons (Fsp3) is 1.00. The zero-order valence-corrected chi connectivity index (χ0v) is 8.28. The first kappa shape index (κ1) is 11.3. The number of unbranched alkanes of at least 4 members (excludes halogenated alkanes) is 1. The molecule has 1 atom stereocenters. The normalized spacial score (nSPS) is 16.4. The molecular weight excluding hydrogens is 158 g/mol. The molecule has 0 aliphatic carbocycles. The van der Waals surface area contributed by atoms with Crippen molar-refractivity contribution in [1.29, 1.82) is 0 Å². The van der Waals surface area contributed by atoms with Gasteiger partial charge in [0.2, 0.25) is 0 Å². The van der Waals surface area contributed by atoms with Crippen LogP contribution in [-0.4, -0.2) is 28.8 Å². The van der Waals surface area contributed by atoms with E-state index >= 15 is 0 Å². The Morgan fingerprint density at radius 3 is 2.64 bits per heavy atom. The monoisotopic (exact) mass is 177 g/mol. The third kappa shape index (κ3) is 6.66. The van der Waals surface area contributed by atoms with E-state index in [0.29, 0.717) is 0 Å². The summed E-state index contributed by atoms with van der Waals surface area (Å²) < 4.78 is 0. The molecule has 0 saturated carbocycles. The van der Waals surface area contributed by atoms with Crippen molar-refractivity contribution in [3.8, 4) is 0 Å². The molecule has 0 aromatic heterocycles. The van der Waals surface area contributed by atoms with Gasteiger partial charge in [0, 0.05) is 11.3 Å². The first-order valence-electron chi connectivity index (χ1n) is 4.10. The summed E-state index contributed by atoms with van der Waals surface area (Å²) in [5, 5.41) is 8.81. The second-order valence-electron chi connectivity index (χ2n) is 3.22. The van der Waals surface area contributed by atoms with Crippen molar-refractivity contribution < 1.29 is 5.11 Å². The number of aliphatic hydroxyl groups is 1. The summed E-state index contributed by atoms with van der Waals surface area (Å²) >= 11 is 1.82. The Labute approximate surface area is 73.6 Å². The summed E-state index contributed by atoms with van der Waals surface area (Å²) in [7, 11) is 0. The molecule has 0 amide bonds. The zero-order valence-electron chi connectivity index (χ0n) is 7.47. The Morgan fingerprint density at radius 1 is 1.55 bits per heavy atom. The topological polar surface area (TPSA) is 46.2 Å². The lowest BCUT2D eigenvalue weighted by atomic mass is 10.1. The average Bonchev–Trinajstić information content (AvgIpc) is 1.99. The van der Waals surface area contributed by atoms with Crippen LogP contribution < -0.4 is 5.73 Å². The molecule has 0 heterocycles. The van der Waals surface area contributed by atoms with Crippen LogP contribution in [0.3, 0.4) is 0 Å². The molecule has 2 nitrogen and oxygen atoms in total. The molecule has 0 aromatic rings. The zero-order chi connectivity index (χ0) is 8.74. The number of rotatable bonds is 6. The van der Waals surface area contributed by atoms with Crippen molar-refractivity contribution in [3.05, 3.63) is 0 Å². The summed E-state index contributed by atoms with van der Waals surface area (Å²) in [6.45, 7) is 4.13. The van der Waals surface area contributed by atoms with Gasteiger partial charge in [0.05, 0.1) is 6.61 Å². The van der Waals surface area contributed by atoms with Crippen LogP contribution in [0.2, 0.25) is 0 Å². The quantitative estimate of drug-likeness (QED) is 0.600. The maximum Gasteiger partial charge on any atom is 0.0616 e. The SMILES string of the molecule is CCCCSCC(C)(N)CO. The first-order valence-corrected chi connectivity index (χ1v) is 5.25. The van der Waals surface area contributed by atoms with Crippen LogP contribution in [0.25, 0.3) is 0 Å². The Balaban J connectivity index is 3.23. The van der Waals surface area contributed by atoms with Crippen LogP contribution in [0.15, 0.2) is 0 Å². The minimum absolute atomic E-state index is 0.0755. The van der Waals surface area contributed by atoms with E-state index in [9.17, 15) is 0 Å². The summed E-state index contributed by atoms with van der Waals surface area (Å²) in [5.41, 5.74) is 5.34. The van der Waals surface area contributed by atoms with Gasteiger partial charge in [-0.15, -0.1) is 0 Å². The summed E-state index contributed by atoms with van der Waals surface area (Å²) in [4.78, 5) is 0. The van der Waals surface area contributed by atoms with E-state index in [4.69, 9.17) is 10.8 Å². The predicted molar refractivity (Wildman–Crippen MR) is 51.9 cm³/mol. The lowest BCUT2D eigenvalue weighted by molar-refractivity contribution is 0.224. The average molecular weight is 177 g/mol. The van der Waals surface area contributed by atoms with E-state index in [-0.39, 0.29) is 6.61 Å². The van der Waals surface area contributed by atoms with Crippen LogP contribution in [-0.2, 0) is 0 Å². The Bertz CT molecular complexity index is 96.1. The Morgan fingerprint density at radius 2 is 2.18 bits per heavy atom. The fourth-order valence-electron chi connectivity index (χ4n) is 0.597. The minimum Gasteiger partial charge on any atom is -0.394 e. The Hall–Kier alpha value is 0.270. The van der Waals surface area contributed by atoms with E-state index < -0.39 is 5.54 Å². The molecule has 0 bridgehead atoms. The molecule has 68 valence electrons. The number of hydrogen-bond donors (Lipinski definition) is 2. The van der Waals surface area contributed by atoms with Crippen LogP contribution in [0.1, 0.15) is 26.7 Å². The molecule has 0 spiro atoms. The predicted octanol–water partition coefficient (Wildman–Crippen LogP) is 1.23. The highest BCUT2D eigenvalue weighted by molar-refractivity contribution is 7.99. The minimum atomic E-state index is -0.390. The summed E-state index contributed by atoms with van der Waals surface area (Å²) in [6.07, 6.45) is 2.47. The van der Waals surface area contributed by atoms with Crippen LogP contribution in [0.4, 0.5) is 0 Å². The molecule has 3 N–H and O–H groups in total. The van der Waals surface area contributed by atoms with Crippen molar-refractivity contribution in [2.45, 2.75) is 32.2 Å². The number of thioether (sulfide) groups is 1. The lowest BCUT2D eigenvalue weighted by Gasteiger charge is -2.20. The molecule has 0 radical (unpaired) electrons. The van der Waals surface area contributed by atoms with E-state index in [2.05, 4.69) is 6.92 Å².